The maximum atomic E-state index is 10.9. The van der Waals surface area contributed by atoms with E-state index in [1.54, 1.807) is 0 Å². The van der Waals surface area contributed by atoms with Gasteiger partial charge in [0.15, 0.2) is 0 Å². The van der Waals surface area contributed by atoms with Gasteiger partial charge < -0.3 is 15.3 Å². The van der Waals surface area contributed by atoms with E-state index in [1.165, 1.54) is 0 Å². The highest BCUT2D eigenvalue weighted by atomic mass is 16.4. The van der Waals surface area contributed by atoms with Gasteiger partial charge in [0.25, 0.3) is 0 Å². The Labute approximate surface area is 101 Å². The van der Waals surface area contributed by atoms with E-state index < -0.39 is 5.97 Å². The van der Waals surface area contributed by atoms with Crippen molar-refractivity contribution in [1.82, 2.24) is 0 Å². The Morgan fingerprint density at radius 2 is 2.06 bits per heavy atom. The summed E-state index contributed by atoms with van der Waals surface area (Å²) in [5.41, 5.74) is 6.16. The van der Waals surface area contributed by atoms with E-state index in [9.17, 15) is 4.79 Å². The molecule has 1 aliphatic carbocycles. The maximum absolute atomic E-state index is 10.9. The summed E-state index contributed by atoms with van der Waals surface area (Å²) < 4.78 is 5.53. The SMILES string of the molecule is Cc1ccc(C(N)C2CCC(C(=O)O)CC2)o1. The lowest BCUT2D eigenvalue weighted by molar-refractivity contribution is -0.143. The third kappa shape index (κ3) is 2.69. The lowest BCUT2D eigenvalue weighted by atomic mass is 9.78. The molecule has 0 bridgehead atoms. The fraction of sp³-hybridized carbons (Fsp3) is 0.615. The van der Waals surface area contributed by atoms with Gasteiger partial charge in [-0.1, -0.05) is 0 Å². The van der Waals surface area contributed by atoms with Gasteiger partial charge in [-0.2, -0.15) is 0 Å². The summed E-state index contributed by atoms with van der Waals surface area (Å²) in [5.74, 6) is 1.18. The molecule has 1 saturated carbocycles. The molecule has 1 atom stereocenters. The summed E-state index contributed by atoms with van der Waals surface area (Å²) in [5, 5.41) is 8.93. The number of hydrogen-bond donors (Lipinski definition) is 2. The van der Waals surface area contributed by atoms with E-state index >= 15 is 0 Å². The number of rotatable bonds is 3. The average Bonchev–Trinajstić information content (AvgIpc) is 2.75. The minimum Gasteiger partial charge on any atom is -0.481 e. The van der Waals surface area contributed by atoms with E-state index in [0.717, 1.165) is 37.2 Å². The number of carboxylic acids is 1. The zero-order chi connectivity index (χ0) is 12.4. The van der Waals surface area contributed by atoms with Crippen LogP contribution in [-0.4, -0.2) is 11.1 Å². The number of furan rings is 1. The lowest BCUT2D eigenvalue weighted by Crippen LogP contribution is -2.28. The smallest absolute Gasteiger partial charge is 0.306 e. The van der Waals surface area contributed by atoms with E-state index in [2.05, 4.69) is 0 Å². The molecule has 0 spiro atoms. The van der Waals surface area contributed by atoms with Crippen LogP contribution in [0.15, 0.2) is 16.5 Å². The molecule has 0 saturated heterocycles. The second-order valence-electron chi connectivity index (χ2n) is 4.92. The van der Waals surface area contributed by atoms with Crippen molar-refractivity contribution in [3.63, 3.8) is 0 Å². The molecule has 3 N–H and O–H groups in total. The normalized spacial score (nSPS) is 26.7. The molecule has 0 amide bonds. The third-order valence-corrected chi connectivity index (χ3v) is 3.72. The van der Waals surface area contributed by atoms with Crippen LogP contribution >= 0.6 is 0 Å². The summed E-state index contributed by atoms with van der Waals surface area (Å²) in [4.78, 5) is 10.9. The Morgan fingerprint density at radius 1 is 1.41 bits per heavy atom. The van der Waals surface area contributed by atoms with E-state index in [4.69, 9.17) is 15.3 Å². The van der Waals surface area contributed by atoms with Crippen LogP contribution in [0.4, 0.5) is 0 Å². The molecular formula is C13H19NO3. The summed E-state index contributed by atoms with van der Waals surface area (Å²) in [7, 11) is 0. The van der Waals surface area contributed by atoms with Gasteiger partial charge in [-0.15, -0.1) is 0 Å². The van der Waals surface area contributed by atoms with Crippen molar-refractivity contribution < 1.29 is 14.3 Å². The number of aryl methyl sites for hydroxylation is 1. The molecule has 0 aliphatic heterocycles. The predicted octanol–water partition coefficient (Wildman–Crippen LogP) is 2.48. The van der Waals surface area contributed by atoms with Crippen molar-refractivity contribution in [3.05, 3.63) is 23.7 Å². The molecule has 4 nitrogen and oxygen atoms in total. The number of hydrogen-bond acceptors (Lipinski definition) is 3. The van der Waals surface area contributed by atoms with Gasteiger partial charge in [0.2, 0.25) is 0 Å². The van der Waals surface area contributed by atoms with Crippen molar-refractivity contribution in [2.24, 2.45) is 17.6 Å². The molecule has 2 rings (SSSR count). The van der Waals surface area contributed by atoms with Crippen LogP contribution in [0.25, 0.3) is 0 Å². The molecule has 4 heteroatoms. The van der Waals surface area contributed by atoms with Gasteiger partial charge in [-0.05, 0) is 50.7 Å². The molecule has 17 heavy (non-hydrogen) atoms. The van der Waals surface area contributed by atoms with Crippen LogP contribution in [0.2, 0.25) is 0 Å². The fourth-order valence-electron chi connectivity index (χ4n) is 2.59. The summed E-state index contributed by atoms with van der Waals surface area (Å²) >= 11 is 0. The Balaban J connectivity index is 1.94. The Kier molecular flexibility index (Phi) is 3.52. The van der Waals surface area contributed by atoms with Gasteiger partial charge in [-0.25, -0.2) is 0 Å². The second-order valence-corrected chi connectivity index (χ2v) is 4.92. The first-order chi connectivity index (χ1) is 8.08. The van der Waals surface area contributed by atoms with Crippen molar-refractivity contribution >= 4 is 5.97 Å². The van der Waals surface area contributed by atoms with Crippen LogP contribution in [-0.2, 0) is 4.79 Å². The minimum atomic E-state index is -0.675. The summed E-state index contributed by atoms with van der Waals surface area (Å²) in [6, 6.07) is 3.74. The zero-order valence-corrected chi connectivity index (χ0v) is 10.1. The highest BCUT2D eigenvalue weighted by Crippen LogP contribution is 2.36. The number of carboxylic acid groups (broad SMARTS) is 1. The first-order valence-corrected chi connectivity index (χ1v) is 6.12. The van der Waals surface area contributed by atoms with Crippen molar-refractivity contribution in [3.8, 4) is 0 Å². The summed E-state index contributed by atoms with van der Waals surface area (Å²) in [6.07, 6.45) is 3.20. The highest BCUT2D eigenvalue weighted by Gasteiger charge is 2.30. The van der Waals surface area contributed by atoms with Gasteiger partial charge in [0.05, 0.1) is 12.0 Å². The van der Waals surface area contributed by atoms with E-state index in [0.29, 0.717) is 5.92 Å². The predicted molar refractivity (Wildman–Crippen MR) is 63.5 cm³/mol. The molecule has 1 fully saturated rings. The van der Waals surface area contributed by atoms with Gasteiger partial charge in [0, 0.05) is 0 Å². The van der Waals surface area contributed by atoms with Crippen LogP contribution < -0.4 is 5.73 Å². The quantitative estimate of drug-likeness (QED) is 0.846. The minimum absolute atomic E-state index is 0.0987. The molecule has 94 valence electrons. The lowest BCUT2D eigenvalue weighted by Gasteiger charge is -2.29. The highest BCUT2D eigenvalue weighted by molar-refractivity contribution is 5.69. The van der Waals surface area contributed by atoms with Crippen LogP contribution in [0.5, 0.6) is 0 Å². The van der Waals surface area contributed by atoms with Gasteiger partial charge in [-0.3, -0.25) is 4.79 Å². The standard InChI is InChI=1S/C13H19NO3/c1-8-2-7-11(17-8)12(14)9-3-5-10(6-4-9)13(15)16/h2,7,9-10,12H,3-6,14H2,1H3,(H,15,16). The van der Waals surface area contributed by atoms with Crippen LogP contribution in [0.1, 0.15) is 43.2 Å². The molecular weight excluding hydrogens is 218 g/mol. The largest absolute Gasteiger partial charge is 0.481 e. The Hall–Kier alpha value is -1.29. The first kappa shape index (κ1) is 12.2. The molecule has 1 aromatic rings. The second kappa shape index (κ2) is 4.92. The third-order valence-electron chi connectivity index (χ3n) is 3.72. The zero-order valence-electron chi connectivity index (χ0n) is 10.1. The number of aliphatic carboxylic acids is 1. The fourth-order valence-corrected chi connectivity index (χ4v) is 2.59. The van der Waals surface area contributed by atoms with Gasteiger partial charge in [0.1, 0.15) is 11.5 Å². The van der Waals surface area contributed by atoms with Crippen LogP contribution in [0.3, 0.4) is 0 Å². The monoisotopic (exact) mass is 237 g/mol. The van der Waals surface area contributed by atoms with E-state index in [1.807, 2.05) is 19.1 Å². The molecule has 1 heterocycles. The van der Waals surface area contributed by atoms with E-state index in [-0.39, 0.29) is 12.0 Å². The number of nitrogens with two attached hydrogens (primary N) is 1. The maximum Gasteiger partial charge on any atom is 0.306 e. The molecule has 0 radical (unpaired) electrons. The van der Waals surface area contributed by atoms with Crippen molar-refractivity contribution in [2.45, 2.75) is 38.6 Å². The van der Waals surface area contributed by atoms with Crippen molar-refractivity contribution in [1.29, 1.82) is 0 Å². The van der Waals surface area contributed by atoms with Crippen molar-refractivity contribution in [2.75, 3.05) is 0 Å². The average molecular weight is 237 g/mol. The Morgan fingerprint density at radius 3 is 2.53 bits per heavy atom. The topological polar surface area (TPSA) is 76.5 Å². The molecule has 1 aliphatic rings. The Bertz CT molecular complexity index is 391. The number of carbonyl (C=O) groups is 1. The molecule has 0 aromatic carbocycles. The first-order valence-electron chi connectivity index (χ1n) is 6.12. The van der Waals surface area contributed by atoms with Crippen LogP contribution in [0, 0.1) is 18.8 Å². The summed E-state index contributed by atoms with van der Waals surface area (Å²) in [6.45, 7) is 1.90. The molecule has 1 aromatic heterocycles. The van der Waals surface area contributed by atoms with Gasteiger partial charge >= 0.3 is 5.97 Å². The molecule has 1 unspecified atom stereocenters.